The van der Waals surface area contributed by atoms with Crippen LogP contribution in [0.2, 0.25) is 0 Å². The van der Waals surface area contributed by atoms with Gasteiger partial charge < -0.3 is 14.3 Å². The van der Waals surface area contributed by atoms with Gasteiger partial charge in [-0.3, -0.25) is 8.98 Å². The van der Waals surface area contributed by atoms with Crippen LogP contribution in [0.1, 0.15) is 46.7 Å². The van der Waals surface area contributed by atoms with Gasteiger partial charge in [0.15, 0.2) is 5.78 Å². The van der Waals surface area contributed by atoms with E-state index in [0.717, 1.165) is 6.07 Å². The van der Waals surface area contributed by atoms with Crippen molar-refractivity contribution in [2.75, 3.05) is 11.9 Å². The molecular formula is C25H24F3N5O5S. The summed E-state index contributed by atoms with van der Waals surface area (Å²) in [6, 6.07) is 9.11. The molecule has 10 nitrogen and oxygen atoms in total. The normalized spacial score (nSPS) is 18.1. The zero-order chi connectivity index (χ0) is 27.8. The van der Waals surface area contributed by atoms with E-state index in [-0.39, 0.29) is 42.2 Å². The van der Waals surface area contributed by atoms with Crippen LogP contribution in [0.25, 0.3) is 10.9 Å². The molecule has 14 heteroatoms. The molecule has 1 aromatic carbocycles. The highest BCUT2D eigenvalue weighted by atomic mass is 32.2. The molecule has 2 atom stereocenters. The van der Waals surface area contributed by atoms with Crippen LogP contribution in [0.4, 0.5) is 19.0 Å². The summed E-state index contributed by atoms with van der Waals surface area (Å²) in [6.45, 7) is -0.0312. The second-order valence-electron chi connectivity index (χ2n) is 9.36. The summed E-state index contributed by atoms with van der Waals surface area (Å²) < 4.78 is 72.5. The number of rotatable bonds is 9. The minimum Gasteiger partial charge on any atom is -0.455 e. The molecule has 4 aromatic rings. The predicted molar refractivity (Wildman–Crippen MR) is 134 cm³/mol. The zero-order valence-electron chi connectivity index (χ0n) is 20.4. The van der Waals surface area contributed by atoms with Crippen molar-refractivity contribution in [3.8, 4) is 0 Å². The fraction of sp³-hybridized carbons (Fsp3) is 0.320. The van der Waals surface area contributed by atoms with Crippen molar-refractivity contribution in [3.05, 3.63) is 77.8 Å². The number of carbonyl (C=O) groups is 1. The van der Waals surface area contributed by atoms with E-state index in [0.29, 0.717) is 41.5 Å². The fourth-order valence-electron chi connectivity index (χ4n) is 4.84. The maximum absolute atomic E-state index is 13.7. The third-order valence-corrected chi connectivity index (χ3v) is 7.07. The van der Waals surface area contributed by atoms with Crippen molar-refractivity contribution in [2.45, 2.75) is 38.0 Å². The first-order valence-corrected chi connectivity index (χ1v) is 13.5. The van der Waals surface area contributed by atoms with Crippen LogP contribution in [0, 0.1) is 5.92 Å². The SMILES string of the molecule is NS(=O)(=O)OCC1CC[C@H](Nc2ncncc2C(=O)c2cn(Cc3ccc(C(F)(F)F)o3)c3ccccc23)C1. The van der Waals surface area contributed by atoms with Gasteiger partial charge in [-0.1, -0.05) is 18.2 Å². The average Bonchev–Trinajstić information content (AvgIpc) is 3.62. The molecule has 0 spiro atoms. The number of nitrogens with one attached hydrogen (secondary N) is 1. The van der Waals surface area contributed by atoms with E-state index in [4.69, 9.17) is 13.7 Å². The van der Waals surface area contributed by atoms with Crippen LogP contribution in [-0.2, 0) is 27.2 Å². The molecule has 3 heterocycles. The Labute approximate surface area is 221 Å². The number of carbonyl (C=O) groups excluding carboxylic acids is 1. The number of ketones is 1. The smallest absolute Gasteiger partial charge is 0.449 e. The third kappa shape index (κ3) is 6.13. The second-order valence-corrected chi connectivity index (χ2v) is 10.6. The molecule has 1 fully saturated rings. The first-order chi connectivity index (χ1) is 18.5. The van der Waals surface area contributed by atoms with E-state index in [1.54, 1.807) is 35.0 Å². The Morgan fingerprint density at radius 3 is 2.72 bits per heavy atom. The van der Waals surface area contributed by atoms with Gasteiger partial charge in [-0.2, -0.15) is 21.6 Å². The van der Waals surface area contributed by atoms with Crippen LogP contribution < -0.4 is 10.5 Å². The lowest BCUT2D eigenvalue weighted by Gasteiger charge is -2.16. The largest absolute Gasteiger partial charge is 0.455 e. The third-order valence-electron chi connectivity index (χ3n) is 6.61. The summed E-state index contributed by atoms with van der Waals surface area (Å²) in [5.41, 5.74) is 1.20. The molecule has 5 rings (SSSR count). The highest BCUT2D eigenvalue weighted by Gasteiger charge is 2.35. The molecule has 1 unspecified atom stereocenters. The van der Waals surface area contributed by atoms with Gasteiger partial charge in [0.2, 0.25) is 5.76 Å². The molecular weight excluding hydrogens is 539 g/mol. The van der Waals surface area contributed by atoms with Crippen molar-refractivity contribution in [1.82, 2.24) is 14.5 Å². The predicted octanol–water partition coefficient (Wildman–Crippen LogP) is 4.12. The van der Waals surface area contributed by atoms with Crippen molar-refractivity contribution in [3.63, 3.8) is 0 Å². The lowest BCUT2D eigenvalue weighted by Crippen LogP contribution is -2.22. The molecule has 206 valence electrons. The Kier molecular flexibility index (Phi) is 7.18. The van der Waals surface area contributed by atoms with Gasteiger partial charge >= 0.3 is 16.5 Å². The van der Waals surface area contributed by atoms with Gasteiger partial charge in [0.1, 0.15) is 17.9 Å². The van der Waals surface area contributed by atoms with Crippen molar-refractivity contribution in [1.29, 1.82) is 0 Å². The van der Waals surface area contributed by atoms with Crippen molar-refractivity contribution < 1.29 is 35.0 Å². The molecule has 0 amide bonds. The van der Waals surface area contributed by atoms with Gasteiger partial charge in [-0.05, 0) is 43.4 Å². The van der Waals surface area contributed by atoms with Crippen LogP contribution in [0.15, 0.2) is 59.5 Å². The monoisotopic (exact) mass is 563 g/mol. The number of anilines is 1. The highest BCUT2D eigenvalue weighted by molar-refractivity contribution is 7.84. The van der Waals surface area contributed by atoms with Crippen molar-refractivity contribution in [2.24, 2.45) is 11.1 Å². The average molecular weight is 564 g/mol. The first kappa shape index (κ1) is 26.8. The van der Waals surface area contributed by atoms with Gasteiger partial charge in [0, 0.05) is 34.9 Å². The quantitative estimate of drug-likeness (QED) is 0.290. The Bertz CT molecular complexity index is 1620. The number of aromatic nitrogens is 3. The van der Waals surface area contributed by atoms with E-state index in [1.165, 1.54) is 18.6 Å². The minimum absolute atomic E-state index is 0.00960. The Morgan fingerprint density at radius 2 is 1.97 bits per heavy atom. The minimum atomic E-state index is -4.59. The number of hydrogen-bond acceptors (Lipinski definition) is 8. The molecule has 0 bridgehead atoms. The molecule has 1 saturated carbocycles. The number of furan rings is 1. The maximum atomic E-state index is 13.7. The molecule has 3 aromatic heterocycles. The van der Waals surface area contributed by atoms with E-state index in [2.05, 4.69) is 15.3 Å². The highest BCUT2D eigenvalue weighted by Crippen LogP contribution is 2.33. The summed E-state index contributed by atoms with van der Waals surface area (Å²) >= 11 is 0. The number of fused-ring (bicyclic) bond motifs is 1. The summed E-state index contributed by atoms with van der Waals surface area (Å²) in [7, 11) is -4.02. The number of benzene rings is 1. The summed E-state index contributed by atoms with van der Waals surface area (Å²) in [4.78, 5) is 22.0. The molecule has 1 aliphatic rings. The number of halogens is 3. The fourth-order valence-corrected chi connectivity index (χ4v) is 5.22. The molecule has 39 heavy (non-hydrogen) atoms. The summed E-state index contributed by atoms with van der Waals surface area (Å²) in [5.74, 6) is -1.07. The van der Waals surface area contributed by atoms with Gasteiger partial charge in [0.05, 0.1) is 18.7 Å². The molecule has 0 aliphatic heterocycles. The second kappa shape index (κ2) is 10.4. The van der Waals surface area contributed by atoms with Gasteiger partial charge in [0.25, 0.3) is 0 Å². The van der Waals surface area contributed by atoms with E-state index in [9.17, 15) is 26.4 Å². The van der Waals surface area contributed by atoms with Gasteiger partial charge in [-0.15, -0.1) is 0 Å². The van der Waals surface area contributed by atoms with Crippen LogP contribution in [0.5, 0.6) is 0 Å². The Morgan fingerprint density at radius 1 is 1.18 bits per heavy atom. The summed E-state index contributed by atoms with van der Waals surface area (Å²) in [6.07, 6.45) is 1.71. The topological polar surface area (TPSA) is 142 Å². The zero-order valence-corrected chi connectivity index (χ0v) is 21.2. The molecule has 1 aliphatic carbocycles. The van der Waals surface area contributed by atoms with Gasteiger partial charge in [-0.25, -0.2) is 15.1 Å². The van der Waals surface area contributed by atoms with Crippen LogP contribution in [0.3, 0.4) is 0 Å². The number of nitrogens with two attached hydrogens (primary N) is 1. The van der Waals surface area contributed by atoms with E-state index >= 15 is 0 Å². The van der Waals surface area contributed by atoms with E-state index < -0.39 is 22.2 Å². The molecule has 0 radical (unpaired) electrons. The number of para-hydroxylation sites is 1. The number of alkyl halides is 3. The Hall–Kier alpha value is -3.75. The molecule has 0 saturated heterocycles. The lowest BCUT2D eigenvalue weighted by atomic mass is 10.0. The van der Waals surface area contributed by atoms with Crippen LogP contribution >= 0.6 is 0 Å². The Balaban J connectivity index is 1.38. The lowest BCUT2D eigenvalue weighted by molar-refractivity contribution is -0.153. The first-order valence-electron chi connectivity index (χ1n) is 12.0. The maximum Gasteiger partial charge on any atom is 0.449 e. The van der Waals surface area contributed by atoms with Crippen LogP contribution in [-0.4, -0.2) is 41.4 Å². The standard InChI is InChI=1S/C25H24F3N5O5S/c26-25(27,28)22-8-7-17(38-22)11-33-12-20(18-3-1-2-4-21(18)33)23(34)19-10-30-14-31-24(19)32-16-6-5-15(9-16)13-37-39(29,35)36/h1-4,7-8,10,12,14-16H,5-6,9,11,13H2,(H2,29,35,36)(H,30,31,32)/t15?,16-/m0/s1. The van der Waals surface area contributed by atoms with Crippen molar-refractivity contribution >= 4 is 32.8 Å². The summed E-state index contributed by atoms with van der Waals surface area (Å²) in [5, 5.41) is 8.78. The van der Waals surface area contributed by atoms with E-state index in [1.807, 2.05) is 0 Å². The number of nitrogens with zero attached hydrogens (tertiary/aromatic N) is 3. The molecule has 3 N–H and O–H groups in total. The number of hydrogen-bond donors (Lipinski definition) is 2.